The van der Waals surface area contributed by atoms with Gasteiger partial charge in [-0.25, -0.2) is 0 Å². The van der Waals surface area contributed by atoms with Gasteiger partial charge in [-0.2, -0.15) is 0 Å². The Hall–Kier alpha value is -0.0800. The van der Waals surface area contributed by atoms with Gasteiger partial charge in [-0.1, -0.05) is 34.1 Å². The fraction of sp³-hybridized carbons (Fsp3) is 1.00. The average Bonchev–Trinajstić information content (AvgIpc) is 3.10. The van der Waals surface area contributed by atoms with Crippen molar-refractivity contribution in [3.8, 4) is 0 Å². The molecule has 5 aliphatic carbocycles. The largest absolute Gasteiger partial charge is 0.396 e. The normalized spacial score (nSPS) is 57.6. The molecule has 5 saturated carbocycles. The number of hydrogen-bond donors (Lipinski definition) is 2. The second-order valence-electron chi connectivity index (χ2n) is 12.9. The molecular formula is C26H44O2. The van der Waals surface area contributed by atoms with Gasteiger partial charge in [0.05, 0.1) is 6.10 Å². The van der Waals surface area contributed by atoms with E-state index in [0.717, 1.165) is 30.1 Å². The first-order valence-corrected chi connectivity index (χ1v) is 12.5. The summed E-state index contributed by atoms with van der Waals surface area (Å²) >= 11 is 0. The van der Waals surface area contributed by atoms with Crippen LogP contribution in [-0.4, -0.2) is 22.9 Å². The molecule has 160 valence electrons. The third-order valence-electron chi connectivity index (χ3n) is 12.0. The maximum absolute atomic E-state index is 10.8. The summed E-state index contributed by atoms with van der Waals surface area (Å²) in [6, 6.07) is 0. The Bertz CT molecular complexity index is 628. The van der Waals surface area contributed by atoms with Crippen LogP contribution in [0.3, 0.4) is 0 Å². The monoisotopic (exact) mass is 388 g/mol. The highest BCUT2D eigenvalue weighted by Crippen LogP contribution is 2.72. The van der Waals surface area contributed by atoms with Gasteiger partial charge in [0, 0.05) is 6.61 Å². The molecule has 0 radical (unpaired) electrons. The minimum atomic E-state index is -0.121. The fourth-order valence-corrected chi connectivity index (χ4v) is 10.6. The molecule has 0 heterocycles. The summed E-state index contributed by atoms with van der Waals surface area (Å²) in [7, 11) is 0. The standard InChI is InChI=1S/C26H44O2/c1-23(2)20-10-13-24(3)18-9-15-26(16-27)12-5-6-19(26)17(18)7-8-21(24)25(20,4)14-11-22(23)28/h17-22,27-28H,5-16H2,1-4H3/t17?,18?,19-,20?,21?,22?,24?,25?,26?/m1/s1. The molecule has 28 heavy (non-hydrogen) atoms. The molecule has 0 amide bonds. The fourth-order valence-electron chi connectivity index (χ4n) is 10.6. The lowest BCUT2D eigenvalue weighted by atomic mass is 9.36. The highest BCUT2D eigenvalue weighted by atomic mass is 16.3. The Balaban J connectivity index is 1.48. The second kappa shape index (κ2) is 6.22. The Labute approximate surface area is 172 Å². The van der Waals surface area contributed by atoms with Crippen LogP contribution in [0.1, 0.15) is 98.3 Å². The van der Waals surface area contributed by atoms with E-state index in [1.165, 1.54) is 64.2 Å². The topological polar surface area (TPSA) is 40.5 Å². The summed E-state index contributed by atoms with van der Waals surface area (Å²) < 4.78 is 0. The van der Waals surface area contributed by atoms with Gasteiger partial charge >= 0.3 is 0 Å². The van der Waals surface area contributed by atoms with Crippen molar-refractivity contribution in [2.75, 3.05) is 6.61 Å². The zero-order valence-electron chi connectivity index (χ0n) is 18.8. The summed E-state index contributed by atoms with van der Waals surface area (Å²) in [5.41, 5.74) is 1.23. The Kier molecular flexibility index (Phi) is 4.41. The van der Waals surface area contributed by atoms with Crippen molar-refractivity contribution in [3.05, 3.63) is 0 Å². The van der Waals surface area contributed by atoms with E-state index in [9.17, 15) is 10.2 Å². The lowest BCUT2D eigenvalue weighted by Gasteiger charge is -2.69. The molecule has 0 bridgehead atoms. The molecule has 0 saturated heterocycles. The van der Waals surface area contributed by atoms with Gasteiger partial charge in [0.25, 0.3) is 0 Å². The van der Waals surface area contributed by atoms with E-state index in [4.69, 9.17) is 0 Å². The molecular weight excluding hydrogens is 344 g/mol. The van der Waals surface area contributed by atoms with Gasteiger partial charge in [-0.15, -0.1) is 0 Å². The van der Waals surface area contributed by atoms with Crippen molar-refractivity contribution in [2.24, 2.45) is 51.2 Å². The first-order valence-electron chi connectivity index (χ1n) is 12.5. The lowest BCUT2D eigenvalue weighted by Crippen LogP contribution is -2.63. The zero-order chi connectivity index (χ0) is 19.9. The van der Waals surface area contributed by atoms with Crippen LogP contribution in [-0.2, 0) is 0 Å². The van der Waals surface area contributed by atoms with Gasteiger partial charge in [0.2, 0.25) is 0 Å². The first kappa shape index (κ1) is 19.9. The van der Waals surface area contributed by atoms with Crippen molar-refractivity contribution >= 4 is 0 Å². The van der Waals surface area contributed by atoms with Gasteiger partial charge in [-0.05, 0) is 115 Å². The lowest BCUT2D eigenvalue weighted by molar-refractivity contribution is -0.216. The molecule has 5 aliphatic rings. The molecule has 8 unspecified atom stereocenters. The van der Waals surface area contributed by atoms with Crippen molar-refractivity contribution in [1.29, 1.82) is 0 Å². The molecule has 5 fully saturated rings. The summed E-state index contributed by atoms with van der Waals surface area (Å²) in [6.07, 6.45) is 14.2. The number of aliphatic hydroxyl groups is 2. The van der Waals surface area contributed by atoms with E-state index in [-0.39, 0.29) is 16.9 Å². The van der Waals surface area contributed by atoms with Gasteiger partial charge in [0.15, 0.2) is 0 Å². The molecule has 0 aromatic carbocycles. The maximum Gasteiger partial charge on any atom is 0.0594 e. The van der Waals surface area contributed by atoms with E-state index in [2.05, 4.69) is 27.7 Å². The number of fused-ring (bicyclic) bond motifs is 7. The third kappa shape index (κ3) is 2.34. The summed E-state index contributed by atoms with van der Waals surface area (Å²) in [5, 5.41) is 21.1. The van der Waals surface area contributed by atoms with Gasteiger partial charge in [-0.3, -0.25) is 0 Å². The van der Waals surface area contributed by atoms with Gasteiger partial charge < -0.3 is 10.2 Å². The third-order valence-corrected chi connectivity index (χ3v) is 12.0. The van der Waals surface area contributed by atoms with Crippen LogP contribution in [0.25, 0.3) is 0 Å². The summed E-state index contributed by atoms with van der Waals surface area (Å²) in [6.45, 7) is 10.4. The summed E-state index contributed by atoms with van der Waals surface area (Å²) in [5.74, 6) is 4.04. The van der Waals surface area contributed by atoms with E-state index >= 15 is 0 Å². The first-order chi connectivity index (χ1) is 13.2. The van der Waals surface area contributed by atoms with Crippen molar-refractivity contribution in [2.45, 2.75) is 104 Å². The van der Waals surface area contributed by atoms with Crippen LogP contribution in [0, 0.1) is 51.2 Å². The van der Waals surface area contributed by atoms with E-state index in [0.29, 0.717) is 23.4 Å². The van der Waals surface area contributed by atoms with E-state index in [1.807, 2.05) is 0 Å². The minimum Gasteiger partial charge on any atom is -0.396 e. The molecule has 2 heteroatoms. The predicted octanol–water partition coefficient (Wildman–Crippen LogP) is 5.80. The highest BCUT2D eigenvalue weighted by Gasteiger charge is 2.66. The number of rotatable bonds is 1. The molecule has 9 atom stereocenters. The van der Waals surface area contributed by atoms with Crippen LogP contribution in [0.5, 0.6) is 0 Å². The zero-order valence-corrected chi connectivity index (χ0v) is 18.8. The SMILES string of the molecule is CC1(C)C(O)CCC2(C)C1CCC1(C)C3CCC4(CO)CCC[C@@H]4C3CCC12. The summed E-state index contributed by atoms with van der Waals surface area (Å²) in [4.78, 5) is 0. The minimum absolute atomic E-state index is 0.0647. The van der Waals surface area contributed by atoms with Crippen LogP contribution < -0.4 is 0 Å². The molecule has 2 N–H and O–H groups in total. The van der Waals surface area contributed by atoms with Crippen LogP contribution in [0.2, 0.25) is 0 Å². The van der Waals surface area contributed by atoms with Crippen LogP contribution >= 0.6 is 0 Å². The Morgan fingerprint density at radius 1 is 0.714 bits per heavy atom. The second-order valence-corrected chi connectivity index (χ2v) is 12.9. The quantitative estimate of drug-likeness (QED) is 0.595. The van der Waals surface area contributed by atoms with E-state index < -0.39 is 0 Å². The highest BCUT2D eigenvalue weighted by molar-refractivity contribution is 5.15. The molecule has 0 aliphatic heterocycles. The number of hydrogen-bond acceptors (Lipinski definition) is 2. The van der Waals surface area contributed by atoms with Crippen LogP contribution in [0.4, 0.5) is 0 Å². The molecule has 2 nitrogen and oxygen atoms in total. The number of aliphatic hydroxyl groups excluding tert-OH is 2. The molecule has 0 spiro atoms. The van der Waals surface area contributed by atoms with Crippen molar-refractivity contribution in [3.63, 3.8) is 0 Å². The molecule has 0 aromatic rings. The smallest absolute Gasteiger partial charge is 0.0594 e. The Morgan fingerprint density at radius 2 is 1.46 bits per heavy atom. The average molecular weight is 389 g/mol. The van der Waals surface area contributed by atoms with Crippen molar-refractivity contribution in [1.82, 2.24) is 0 Å². The molecule has 5 rings (SSSR count). The predicted molar refractivity (Wildman–Crippen MR) is 114 cm³/mol. The van der Waals surface area contributed by atoms with Crippen molar-refractivity contribution < 1.29 is 10.2 Å². The Morgan fingerprint density at radius 3 is 2.21 bits per heavy atom. The maximum atomic E-state index is 10.8. The van der Waals surface area contributed by atoms with Crippen LogP contribution in [0.15, 0.2) is 0 Å². The van der Waals surface area contributed by atoms with Gasteiger partial charge in [0.1, 0.15) is 0 Å². The van der Waals surface area contributed by atoms with E-state index in [1.54, 1.807) is 0 Å². The molecule has 0 aromatic heterocycles.